The molecule has 68 valence electrons. The lowest BCUT2D eigenvalue weighted by atomic mass is 9.86. The van der Waals surface area contributed by atoms with Crippen molar-refractivity contribution in [2.75, 3.05) is 0 Å². The van der Waals surface area contributed by atoms with E-state index in [1.165, 1.54) is 6.08 Å². The van der Waals surface area contributed by atoms with Gasteiger partial charge >= 0.3 is 0 Å². The van der Waals surface area contributed by atoms with Crippen molar-refractivity contribution < 1.29 is 4.39 Å². The molecule has 0 saturated heterocycles. The van der Waals surface area contributed by atoms with E-state index in [0.29, 0.717) is 5.57 Å². The van der Waals surface area contributed by atoms with Gasteiger partial charge in [-0.2, -0.15) is 0 Å². The SMILES string of the molecule is C=C/C(=C(F)\C=C/C)C(C)(C)C. The quantitative estimate of drug-likeness (QED) is 0.546. The highest BCUT2D eigenvalue weighted by atomic mass is 19.1. The molecule has 0 heterocycles. The van der Waals surface area contributed by atoms with Crippen molar-refractivity contribution in [3.63, 3.8) is 0 Å². The average molecular weight is 168 g/mol. The fourth-order valence-corrected chi connectivity index (χ4v) is 0.998. The predicted molar refractivity (Wildman–Crippen MR) is 52.6 cm³/mol. The number of allylic oxidation sites excluding steroid dienone is 5. The molecule has 0 spiro atoms. The van der Waals surface area contributed by atoms with Gasteiger partial charge in [-0.15, -0.1) is 0 Å². The van der Waals surface area contributed by atoms with Crippen molar-refractivity contribution in [1.82, 2.24) is 0 Å². The van der Waals surface area contributed by atoms with Crippen LogP contribution in [0.15, 0.2) is 36.2 Å². The van der Waals surface area contributed by atoms with Crippen LogP contribution in [-0.4, -0.2) is 0 Å². The molecule has 1 heteroatoms. The van der Waals surface area contributed by atoms with Gasteiger partial charge in [0.05, 0.1) is 0 Å². The van der Waals surface area contributed by atoms with Gasteiger partial charge < -0.3 is 0 Å². The lowest BCUT2D eigenvalue weighted by Crippen LogP contribution is -2.08. The minimum atomic E-state index is -0.194. The van der Waals surface area contributed by atoms with Crippen LogP contribution < -0.4 is 0 Å². The summed E-state index contributed by atoms with van der Waals surface area (Å²) in [5.41, 5.74) is 0.478. The van der Waals surface area contributed by atoms with Crippen LogP contribution in [0.3, 0.4) is 0 Å². The molecule has 12 heavy (non-hydrogen) atoms. The largest absolute Gasteiger partial charge is 0.207 e. The van der Waals surface area contributed by atoms with E-state index >= 15 is 0 Å². The van der Waals surface area contributed by atoms with Gasteiger partial charge in [0.1, 0.15) is 5.83 Å². The highest BCUT2D eigenvalue weighted by Crippen LogP contribution is 2.29. The molecule has 0 rings (SSSR count). The van der Waals surface area contributed by atoms with E-state index in [9.17, 15) is 4.39 Å². The third kappa shape index (κ3) is 3.04. The molecule has 0 aromatic heterocycles. The van der Waals surface area contributed by atoms with E-state index in [1.807, 2.05) is 20.8 Å². The van der Waals surface area contributed by atoms with E-state index < -0.39 is 0 Å². The Hall–Kier alpha value is -0.850. The second kappa shape index (κ2) is 4.24. The third-order valence-electron chi connectivity index (χ3n) is 1.58. The van der Waals surface area contributed by atoms with Crippen molar-refractivity contribution in [3.05, 3.63) is 36.2 Å². The van der Waals surface area contributed by atoms with E-state index in [1.54, 1.807) is 19.1 Å². The Bertz CT molecular complexity index is 214. The Morgan fingerprint density at radius 1 is 1.33 bits per heavy atom. The second-order valence-corrected chi connectivity index (χ2v) is 3.72. The van der Waals surface area contributed by atoms with Gasteiger partial charge in [-0.25, -0.2) is 4.39 Å². The summed E-state index contributed by atoms with van der Waals surface area (Å²) >= 11 is 0. The van der Waals surface area contributed by atoms with E-state index in [2.05, 4.69) is 6.58 Å². The van der Waals surface area contributed by atoms with E-state index in [0.717, 1.165) is 0 Å². The summed E-state index contributed by atoms with van der Waals surface area (Å²) in [5.74, 6) is -0.194. The summed E-state index contributed by atoms with van der Waals surface area (Å²) in [6, 6.07) is 0. The first kappa shape index (κ1) is 11.2. The Kier molecular flexibility index (Phi) is 3.94. The van der Waals surface area contributed by atoms with Gasteiger partial charge in [-0.05, 0) is 24.0 Å². The van der Waals surface area contributed by atoms with Crippen LogP contribution in [0.5, 0.6) is 0 Å². The normalized spacial score (nSPS) is 14.8. The molecule has 0 aliphatic heterocycles. The summed E-state index contributed by atoms with van der Waals surface area (Å²) in [6.07, 6.45) is 4.72. The van der Waals surface area contributed by atoms with Crippen LogP contribution in [0.2, 0.25) is 0 Å². The summed E-state index contributed by atoms with van der Waals surface area (Å²) in [7, 11) is 0. The number of halogens is 1. The monoisotopic (exact) mass is 168 g/mol. The maximum absolute atomic E-state index is 13.3. The highest BCUT2D eigenvalue weighted by molar-refractivity contribution is 5.31. The number of hydrogen-bond donors (Lipinski definition) is 0. The molecule has 0 N–H and O–H groups in total. The van der Waals surface area contributed by atoms with Crippen LogP contribution >= 0.6 is 0 Å². The molecule has 0 aliphatic carbocycles. The third-order valence-corrected chi connectivity index (χ3v) is 1.58. The summed E-state index contributed by atoms with van der Waals surface area (Å²) in [6.45, 7) is 11.3. The smallest absolute Gasteiger partial charge is 0.126 e. The molecule has 0 unspecified atom stereocenters. The van der Waals surface area contributed by atoms with Gasteiger partial charge in [0.2, 0.25) is 0 Å². The fourth-order valence-electron chi connectivity index (χ4n) is 0.998. The molecule has 0 aromatic rings. The summed E-state index contributed by atoms with van der Waals surface area (Å²) in [4.78, 5) is 0. The summed E-state index contributed by atoms with van der Waals surface area (Å²) in [5, 5.41) is 0. The number of rotatable bonds is 2. The Morgan fingerprint density at radius 2 is 1.83 bits per heavy atom. The summed E-state index contributed by atoms with van der Waals surface area (Å²) < 4.78 is 13.3. The zero-order valence-corrected chi connectivity index (χ0v) is 8.32. The topological polar surface area (TPSA) is 0 Å². The van der Waals surface area contributed by atoms with Gasteiger partial charge in [-0.1, -0.05) is 39.5 Å². The van der Waals surface area contributed by atoms with Crippen LogP contribution in [0.25, 0.3) is 0 Å². The first-order chi connectivity index (χ1) is 5.43. The molecule has 0 nitrogen and oxygen atoms in total. The molecule has 0 aliphatic rings. The Morgan fingerprint density at radius 3 is 2.08 bits per heavy atom. The Labute approximate surface area is 74.5 Å². The van der Waals surface area contributed by atoms with Crippen molar-refractivity contribution in [2.24, 2.45) is 5.41 Å². The highest BCUT2D eigenvalue weighted by Gasteiger charge is 2.17. The zero-order chi connectivity index (χ0) is 9.78. The number of hydrogen-bond acceptors (Lipinski definition) is 0. The zero-order valence-electron chi connectivity index (χ0n) is 8.32. The minimum absolute atomic E-state index is 0.175. The van der Waals surface area contributed by atoms with Crippen molar-refractivity contribution in [1.29, 1.82) is 0 Å². The second-order valence-electron chi connectivity index (χ2n) is 3.72. The molecular formula is C11H17F. The first-order valence-electron chi connectivity index (χ1n) is 4.09. The van der Waals surface area contributed by atoms with Gasteiger partial charge in [0, 0.05) is 0 Å². The molecule has 0 atom stereocenters. The molecule has 0 fully saturated rings. The van der Waals surface area contributed by atoms with Crippen molar-refractivity contribution in [3.8, 4) is 0 Å². The van der Waals surface area contributed by atoms with Crippen molar-refractivity contribution in [2.45, 2.75) is 27.7 Å². The molecule has 0 saturated carbocycles. The minimum Gasteiger partial charge on any atom is -0.207 e. The van der Waals surface area contributed by atoms with Gasteiger partial charge in [0.25, 0.3) is 0 Å². The maximum atomic E-state index is 13.3. The van der Waals surface area contributed by atoms with E-state index in [-0.39, 0.29) is 11.2 Å². The molecular weight excluding hydrogens is 151 g/mol. The Balaban J connectivity index is 5.00. The van der Waals surface area contributed by atoms with Crippen LogP contribution in [0, 0.1) is 5.41 Å². The predicted octanol–water partition coefficient (Wildman–Crippen LogP) is 4.02. The van der Waals surface area contributed by atoms with Crippen LogP contribution in [0.4, 0.5) is 4.39 Å². The van der Waals surface area contributed by atoms with Crippen LogP contribution in [-0.2, 0) is 0 Å². The molecule has 0 amide bonds. The van der Waals surface area contributed by atoms with E-state index in [4.69, 9.17) is 0 Å². The van der Waals surface area contributed by atoms with Crippen molar-refractivity contribution >= 4 is 0 Å². The van der Waals surface area contributed by atoms with Gasteiger partial charge in [-0.3, -0.25) is 0 Å². The van der Waals surface area contributed by atoms with Gasteiger partial charge in [0.15, 0.2) is 0 Å². The molecule has 0 aromatic carbocycles. The standard InChI is InChI=1S/C11H17F/c1-6-8-10(12)9(7-2)11(3,4)5/h6-8H,2H2,1,3-5H3/b8-6-,10-9-. The maximum Gasteiger partial charge on any atom is 0.126 e. The fraction of sp³-hybridized carbons (Fsp3) is 0.455. The van der Waals surface area contributed by atoms with Crippen LogP contribution in [0.1, 0.15) is 27.7 Å². The molecule has 0 bridgehead atoms. The lowest BCUT2D eigenvalue weighted by Gasteiger charge is -2.20. The first-order valence-corrected chi connectivity index (χ1v) is 4.09. The average Bonchev–Trinajstić information content (AvgIpc) is 1.85. The molecule has 0 radical (unpaired) electrons. The lowest BCUT2D eigenvalue weighted by molar-refractivity contribution is 0.491.